The first-order valence-corrected chi connectivity index (χ1v) is 9.58. The molecule has 1 aliphatic heterocycles. The van der Waals surface area contributed by atoms with Crippen molar-refractivity contribution in [2.45, 2.75) is 49.7 Å². The van der Waals surface area contributed by atoms with E-state index in [4.69, 9.17) is 14.2 Å². The minimum atomic E-state index is -0.111. The van der Waals surface area contributed by atoms with Crippen molar-refractivity contribution in [3.63, 3.8) is 0 Å². The van der Waals surface area contributed by atoms with E-state index in [2.05, 4.69) is 10.1 Å². The maximum atomic E-state index is 13.1. The van der Waals surface area contributed by atoms with E-state index in [0.29, 0.717) is 34.3 Å². The summed E-state index contributed by atoms with van der Waals surface area (Å²) in [7, 11) is 0. The number of ether oxygens (including phenoxy) is 1. The first-order valence-electron chi connectivity index (χ1n) is 8.70. The first-order chi connectivity index (χ1) is 12.6. The lowest BCUT2D eigenvalue weighted by atomic mass is 10.2. The van der Waals surface area contributed by atoms with Crippen LogP contribution in [0.1, 0.15) is 36.7 Å². The predicted molar refractivity (Wildman–Crippen MR) is 98.3 cm³/mol. The second-order valence-corrected chi connectivity index (χ2v) is 7.71. The molecule has 136 valence electrons. The zero-order valence-electron chi connectivity index (χ0n) is 14.7. The van der Waals surface area contributed by atoms with Crippen molar-refractivity contribution in [2.75, 3.05) is 6.61 Å². The molecule has 8 heteroatoms. The van der Waals surface area contributed by atoms with Crippen LogP contribution in [0.25, 0.3) is 10.9 Å². The number of aryl methyl sites for hydroxylation is 1. The molecule has 7 nitrogen and oxygen atoms in total. The third-order valence-corrected chi connectivity index (χ3v) is 5.49. The van der Waals surface area contributed by atoms with Gasteiger partial charge in [-0.15, -0.1) is 0 Å². The van der Waals surface area contributed by atoms with Crippen LogP contribution in [-0.4, -0.2) is 32.4 Å². The van der Waals surface area contributed by atoms with Crippen LogP contribution in [0.15, 0.2) is 38.7 Å². The topological polar surface area (TPSA) is 83.0 Å². The summed E-state index contributed by atoms with van der Waals surface area (Å²) in [5.74, 6) is 1.12. The molecule has 0 aliphatic carbocycles. The van der Waals surface area contributed by atoms with E-state index in [-0.39, 0.29) is 16.9 Å². The molecule has 0 amide bonds. The number of fused-ring (bicyclic) bond motifs is 1. The second kappa shape index (κ2) is 7.20. The standard InChI is InChI=1S/C18H20N4O3S/c1-11(16-19-12(2)21-25-16)26-18-20-15-8-4-3-7-14(15)17(23)22(18)10-13-6-5-9-24-13/h3-4,7-8,11,13H,5-6,9-10H2,1-2H3. The van der Waals surface area contributed by atoms with E-state index >= 15 is 0 Å². The van der Waals surface area contributed by atoms with E-state index in [9.17, 15) is 4.79 Å². The number of nitrogens with zero attached hydrogens (tertiary/aromatic N) is 4. The molecule has 0 spiro atoms. The smallest absolute Gasteiger partial charge is 0.262 e. The van der Waals surface area contributed by atoms with Gasteiger partial charge in [-0.05, 0) is 38.8 Å². The Morgan fingerprint density at radius 1 is 1.35 bits per heavy atom. The highest BCUT2D eigenvalue weighted by molar-refractivity contribution is 7.99. The third-order valence-electron chi connectivity index (χ3n) is 4.41. The molecule has 3 heterocycles. The summed E-state index contributed by atoms with van der Waals surface area (Å²) in [4.78, 5) is 22.1. The normalized spacial score (nSPS) is 18.5. The predicted octanol–water partition coefficient (Wildman–Crippen LogP) is 3.12. The first kappa shape index (κ1) is 17.2. The van der Waals surface area contributed by atoms with Gasteiger partial charge in [-0.2, -0.15) is 4.98 Å². The van der Waals surface area contributed by atoms with Crippen LogP contribution in [0.2, 0.25) is 0 Å². The summed E-state index contributed by atoms with van der Waals surface area (Å²) < 4.78 is 12.7. The van der Waals surface area contributed by atoms with Crippen LogP contribution < -0.4 is 5.56 Å². The van der Waals surface area contributed by atoms with Crippen LogP contribution >= 0.6 is 11.8 Å². The summed E-state index contributed by atoms with van der Waals surface area (Å²) in [6.45, 7) is 5.01. The van der Waals surface area contributed by atoms with Crippen molar-refractivity contribution in [3.8, 4) is 0 Å². The fourth-order valence-corrected chi connectivity index (χ4v) is 4.03. The highest BCUT2D eigenvalue weighted by Gasteiger charge is 2.23. The van der Waals surface area contributed by atoms with Gasteiger partial charge in [-0.1, -0.05) is 29.1 Å². The molecular weight excluding hydrogens is 352 g/mol. The number of para-hydroxylation sites is 1. The van der Waals surface area contributed by atoms with Gasteiger partial charge in [-0.25, -0.2) is 4.98 Å². The molecule has 0 radical (unpaired) electrons. The maximum Gasteiger partial charge on any atom is 0.262 e. The van der Waals surface area contributed by atoms with Crippen molar-refractivity contribution in [1.82, 2.24) is 19.7 Å². The Kier molecular flexibility index (Phi) is 4.78. The van der Waals surface area contributed by atoms with Crippen molar-refractivity contribution >= 4 is 22.7 Å². The Morgan fingerprint density at radius 2 is 2.19 bits per heavy atom. The fourth-order valence-electron chi connectivity index (χ4n) is 3.08. The minimum absolute atomic E-state index is 0.0393. The van der Waals surface area contributed by atoms with Crippen molar-refractivity contribution in [1.29, 1.82) is 0 Å². The Labute approximate surface area is 154 Å². The second-order valence-electron chi connectivity index (χ2n) is 6.40. The highest BCUT2D eigenvalue weighted by atomic mass is 32.2. The molecule has 26 heavy (non-hydrogen) atoms. The number of thioether (sulfide) groups is 1. The van der Waals surface area contributed by atoms with E-state index in [1.807, 2.05) is 31.2 Å². The Hall–Kier alpha value is -2.19. The summed E-state index contributed by atoms with van der Waals surface area (Å²) >= 11 is 1.45. The lowest BCUT2D eigenvalue weighted by Crippen LogP contribution is -2.29. The molecule has 4 rings (SSSR count). The Morgan fingerprint density at radius 3 is 2.92 bits per heavy atom. The molecule has 0 bridgehead atoms. The number of benzene rings is 1. The molecule has 1 saturated heterocycles. The van der Waals surface area contributed by atoms with Crippen molar-refractivity contribution in [3.05, 3.63) is 46.3 Å². The van der Waals surface area contributed by atoms with Crippen molar-refractivity contribution in [2.24, 2.45) is 0 Å². The molecule has 2 aromatic heterocycles. The average molecular weight is 372 g/mol. The van der Waals surface area contributed by atoms with Gasteiger partial charge in [0.1, 0.15) is 0 Å². The zero-order valence-corrected chi connectivity index (χ0v) is 15.5. The van der Waals surface area contributed by atoms with Gasteiger partial charge in [0.15, 0.2) is 11.0 Å². The van der Waals surface area contributed by atoms with Crippen LogP contribution in [-0.2, 0) is 11.3 Å². The average Bonchev–Trinajstić information content (AvgIpc) is 3.30. The van der Waals surface area contributed by atoms with Gasteiger partial charge in [0.25, 0.3) is 5.56 Å². The monoisotopic (exact) mass is 372 g/mol. The SMILES string of the molecule is Cc1noc(C(C)Sc2nc3ccccc3c(=O)n2CC2CCCO2)n1. The lowest BCUT2D eigenvalue weighted by molar-refractivity contribution is 0.0937. The van der Waals surface area contributed by atoms with E-state index in [1.165, 1.54) is 11.8 Å². The molecule has 1 fully saturated rings. The molecule has 0 N–H and O–H groups in total. The molecule has 2 atom stereocenters. The van der Waals surface area contributed by atoms with Crippen molar-refractivity contribution < 1.29 is 9.26 Å². The van der Waals surface area contributed by atoms with E-state index < -0.39 is 0 Å². The number of hydrogen-bond donors (Lipinski definition) is 0. The lowest BCUT2D eigenvalue weighted by Gasteiger charge is -2.17. The molecule has 3 aromatic rings. The maximum absolute atomic E-state index is 13.1. The zero-order chi connectivity index (χ0) is 18.1. The number of hydrogen-bond acceptors (Lipinski definition) is 7. The van der Waals surface area contributed by atoms with Crippen LogP contribution in [0, 0.1) is 6.92 Å². The van der Waals surface area contributed by atoms with Gasteiger partial charge in [0, 0.05) is 6.61 Å². The van der Waals surface area contributed by atoms with Crippen LogP contribution in [0.5, 0.6) is 0 Å². The van der Waals surface area contributed by atoms with Gasteiger partial charge < -0.3 is 9.26 Å². The van der Waals surface area contributed by atoms with Crippen LogP contribution in [0.4, 0.5) is 0 Å². The Bertz CT molecular complexity index is 978. The van der Waals surface area contributed by atoms with E-state index in [1.54, 1.807) is 11.5 Å². The largest absolute Gasteiger partial charge is 0.376 e. The summed E-state index contributed by atoms with van der Waals surface area (Å²) in [5, 5.41) is 5.00. The molecule has 1 aliphatic rings. The molecule has 0 saturated carbocycles. The number of rotatable bonds is 5. The summed E-state index contributed by atoms with van der Waals surface area (Å²) in [6.07, 6.45) is 2.04. The number of aromatic nitrogens is 4. The summed E-state index contributed by atoms with van der Waals surface area (Å²) in [6, 6.07) is 7.42. The van der Waals surface area contributed by atoms with Crippen LogP contribution in [0.3, 0.4) is 0 Å². The minimum Gasteiger partial charge on any atom is -0.376 e. The molecule has 2 unspecified atom stereocenters. The Balaban J connectivity index is 1.74. The third kappa shape index (κ3) is 3.39. The molecule has 1 aromatic carbocycles. The summed E-state index contributed by atoms with van der Waals surface area (Å²) in [5.41, 5.74) is 0.653. The van der Waals surface area contributed by atoms with Gasteiger partial charge in [-0.3, -0.25) is 9.36 Å². The quantitative estimate of drug-likeness (QED) is 0.502. The highest BCUT2D eigenvalue weighted by Crippen LogP contribution is 2.33. The van der Waals surface area contributed by atoms with Gasteiger partial charge >= 0.3 is 0 Å². The fraction of sp³-hybridized carbons (Fsp3) is 0.444. The van der Waals surface area contributed by atoms with Gasteiger partial charge in [0.2, 0.25) is 5.89 Å². The van der Waals surface area contributed by atoms with Gasteiger partial charge in [0.05, 0.1) is 28.8 Å². The van der Waals surface area contributed by atoms with E-state index in [0.717, 1.165) is 19.4 Å². The molecular formula is C18H20N4O3S.